The van der Waals surface area contributed by atoms with Crippen molar-refractivity contribution in [2.75, 3.05) is 26.3 Å². The minimum atomic E-state index is 0.0592. The Kier molecular flexibility index (Phi) is 2.97. The van der Waals surface area contributed by atoms with E-state index in [1.165, 1.54) is 0 Å². The van der Waals surface area contributed by atoms with Gasteiger partial charge in [-0.15, -0.1) is 0 Å². The molecule has 0 N–H and O–H groups in total. The van der Waals surface area contributed by atoms with E-state index in [1.807, 2.05) is 17.9 Å². The number of hydrogen-bond donors (Lipinski definition) is 0. The summed E-state index contributed by atoms with van der Waals surface area (Å²) < 4.78 is 5.21. The fraction of sp³-hybridized carbons (Fsp3) is 0.455. The standard InChI is InChI=1S/C11H14N2O2/c1-9-10(3-2-4-12-9)11(14)13-5-7-15-8-6-13/h2-4H,5-8H2,1H3. The lowest BCUT2D eigenvalue weighted by Crippen LogP contribution is -2.41. The number of aromatic nitrogens is 1. The van der Waals surface area contributed by atoms with Crippen molar-refractivity contribution in [3.8, 4) is 0 Å². The molecule has 0 radical (unpaired) electrons. The second kappa shape index (κ2) is 4.40. The van der Waals surface area contributed by atoms with Crippen LogP contribution < -0.4 is 0 Å². The maximum atomic E-state index is 12.1. The van der Waals surface area contributed by atoms with Gasteiger partial charge in [0.05, 0.1) is 18.8 Å². The molecule has 2 heterocycles. The zero-order chi connectivity index (χ0) is 10.7. The summed E-state index contributed by atoms with van der Waals surface area (Å²) >= 11 is 0. The van der Waals surface area contributed by atoms with Gasteiger partial charge in [0.2, 0.25) is 0 Å². The summed E-state index contributed by atoms with van der Waals surface area (Å²) in [6, 6.07) is 3.61. The van der Waals surface area contributed by atoms with E-state index >= 15 is 0 Å². The van der Waals surface area contributed by atoms with Crippen LogP contribution in [-0.2, 0) is 4.74 Å². The molecule has 0 aliphatic carbocycles. The van der Waals surface area contributed by atoms with Crippen LogP contribution in [0.1, 0.15) is 16.1 Å². The summed E-state index contributed by atoms with van der Waals surface area (Å²) in [4.78, 5) is 18.0. The van der Waals surface area contributed by atoms with E-state index < -0.39 is 0 Å². The molecule has 1 saturated heterocycles. The maximum Gasteiger partial charge on any atom is 0.255 e. The summed E-state index contributed by atoms with van der Waals surface area (Å²) in [6.45, 7) is 4.46. The zero-order valence-electron chi connectivity index (χ0n) is 8.77. The number of nitrogens with zero attached hydrogens (tertiary/aromatic N) is 2. The van der Waals surface area contributed by atoms with Crippen molar-refractivity contribution in [3.63, 3.8) is 0 Å². The largest absolute Gasteiger partial charge is 0.378 e. The molecule has 1 aliphatic heterocycles. The van der Waals surface area contributed by atoms with Gasteiger partial charge in [0.15, 0.2) is 0 Å². The highest BCUT2D eigenvalue weighted by Crippen LogP contribution is 2.09. The lowest BCUT2D eigenvalue weighted by molar-refractivity contribution is 0.0302. The Morgan fingerprint density at radius 3 is 2.87 bits per heavy atom. The Balaban J connectivity index is 2.16. The molecule has 0 bridgehead atoms. The van der Waals surface area contributed by atoms with Crippen molar-refractivity contribution in [3.05, 3.63) is 29.6 Å². The smallest absolute Gasteiger partial charge is 0.255 e. The summed E-state index contributed by atoms with van der Waals surface area (Å²) in [6.07, 6.45) is 1.70. The van der Waals surface area contributed by atoms with Gasteiger partial charge < -0.3 is 9.64 Å². The van der Waals surface area contributed by atoms with Crippen LogP contribution in [0, 0.1) is 6.92 Å². The minimum Gasteiger partial charge on any atom is -0.378 e. The molecule has 15 heavy (non-hydrogen) atoms. The number of ether oxygens (including phenoxy) is 1. The molecule has 1 amide bonds. The minimum absolute atomic E-state index is 0.0592. The number of rotatable bonds is 1. The van der Waals surface area contributed by atoms with E-state index in [0.29, 0.717) is 31.9 Å². The number of hydrogen-bond acceptors (Lipinski definition) is 3. The molecule has 4 heteroatoms. The van der Waals surface area contributed by atoms with E-state index in [0.717, 1.165) is 5.69 Å². The van der Waals surface area contributed by atoms with Crippen LogP contribution in [0.4, 0.5) is 0 Å². The average molecular weight is 206 g/mol. The number of pyridine rings is 1. The summed E-state index contributed by atoms with van der Waals surface area (Å²) in [5.41, 5.74) is 1.48. The molecule has 4 nitrogen and oxygen atoms in total. The van der Waals surface area contributed by atoms with Gasteiger partial charge in [0, 0.05) is 25.0 Å². The lowest BCUT2D eigenvalue weighted by atomic mass is 10.2. The second-order valence-electron chi connectivity index (χ2n) is 3.54. The predicted molar refractivity (Wildman–Crippen MR) is 55.7 cm³/mol. The molecule has 80 valence electrons. The van der Waals surface area contributed by atoms with E-state index in [4.69, 9.17) is 4.74 Å². The summed E-state index contributed by atoms with van der Waals surface area (Å²) in [5, 5.41) is 0. The van der Waals surface area contributed by atoms with Crippen LogP contribution in [0.2, 0.25) is 0 Å². The third-order valence-corrected chi connectivity index (χ3v) is 2.54. The molecule has 2 rings (SSSR count). The Labute approximate surface area is 88.9 Å². The highest BCUT2D eigenvalue weighted by Gasteiger charge is 2.19. The van der Waals surface area contributed by atoms with Crippen molar-refractivity contribution in [1.29, 1.82) is 0 Å². The Morgan fingerprint density at radius 2 is 2.20 bits per heavy atom. The zero-order valence-corrected chi connectivity index (χ0v) is 8.77. The molecule has 0 atom stereocenters. The Bertz CT molecular complexity index is 359. The van der Waals surface area contributed by atoms with Gasteiger partial charge in [-0.3, -0.25) is 9.78 Å². The first-order valence-electron chi connectivity index (χ1n) is 5.07. The molecule has 1 aliphatic rings. The van der Waals surface area contributed by atoms with Crippen LogP contribution in [0.5, 0.6) is 0 Å². The van der Waals surface area contributed by atoms with Gasteiger partial charge >= 0.3 is 0 Å². The maximum absolute atomic E-state index is 12.1. The van der Waals surface area contributed by atoms with Crippen molar-refractivity contribution < 1.29 is 9.53 Å². The normalized spacial score (nSPS) is 16.5. The summed E-state index contributed by atoms with van der Waals surface area (Å²) in [5.74, 6) is 0.0592. The Hall–Kier alpha value is -1.42. The molecular weight excluding hydrogens is 192 g/mol. The number of carbonyl (C=O) groups is 1. The lowest BCUT2D eigenvalue weighted by Gasteiger charge is -2.27. The fourth-order valence-electron chi connectivity index (χ4n) is 1.65. The highest BCUT2D eigenvalue weighted by molar-refractivity contribution is 5.95. The number of morpholine rings is 1. The first-order valence-corrected chi connectivity index (χ1v) is 5.07. The van der Waals surface area contributed by atoms with Gasteiger partial charge in [-0.1, -0.05) is 0 Å². The first-order chi connectivity index (χ1) is 7.29. The topological polar surface area (TPSA) is 42.4 Å². The van der Waals surface area contributed by atoms with E-state index in [9.17, 15) is 4.79 Å². The average Bonchev–Trinajstić information content (AvgIpc) is 2.30. The quantitative estimate of drug-likeness (QED) is 0.684. The van der Waals surface area contributed by atoms with E-state index in [2.05, 4.69) is 4.98 Å². The third kappa shape index (κ3) is 2.15. The van der Waals surface area contributed by atoms with Gasteiger partial charge in [-0.2, -0.15) is 0 Å². The van der Waals surface area contributed by atoms with Gasteiger partial charge in [0.1, 0.15) is 0 Å². The van der Waals surface area contributed by atoms with Crippen molar-refractivity contribution >= 4 is 5.91 Å². The predicted octanol–water partition coefficient (Wildman–Crippen LogP) is 0.862. The van der Waals surface area contributed by atoms with Crippen molar-refractivity contribution in [2.45, 2.75) is 6.92 Å². The SMILES string of the molecule is Cc1ncccc1C(=O)N1CCOCC1. The van der Waals surface area contributed by atoms with E-state index in [-0.39, 0.29) is 5.91 Å². The third-order valence-electron chi connectivity index (χ3n) is 2.54. The molecule has 1 aromatic heterocycles. The molecule has 1 aromatic rings. The number of aryl methyl sites for hydroxylation is 1. The highest BCUT2D eigenvalue weighted by atomic mass is 16.5. The molecular formula is C11H14N2O2. The number of carbonyl (C=O) groups excluding carboxylic acids is 1. The monoisotopic (exact) mass is 206 g/mol. The van der Waals surface area contributed by atoms with E-state index in [1.54, 1.807) is 12.3 Å². The van der Waals surface area contributed by atoms with Crippen LogP contribution in [0.15, 0.2) is 18.3 Å². The van der Waals surface area contributed by atoms with Crippen LogP contribution in [0.3, 0.4) is 0 Å². The molecule has 0 unspecified atom stereocenters. The van der Waals surface area contributed by atoms with Gasteiger partial charge in [-0.25, -0.2) is 0 Å². The van der Waals surface area contributed by atoms with Gasteiger partial charge in [0.25, 0.3) is 5.91 Å². The van der Waals surface area contributed by atoms with Crippen LogP contribution in [-0.4, -0.2) is 42.1 Å². The number of amides is 1. The molecule has 0 spiro atoms. The van der Waals surface area contributed by atoms with Gasteiger partial charge in [-0.05, 0) is 19.1 Å². The molecule has 1 fully saturated rings. The summed E-state index contributed by atoms with van der Waals surface area (Å²) in [7, 11) is 0. The van der Waals surface area contributed by atoms with Crippen molar-refractivity contribution in [1.82, 2.24) is 9.88 Å². The second-order valence-corrected chi connectivity index (χ2v) is 3.54. The fourth-order valence-corrected chi connectivity index (χ4v) is 1.65. The first kappa shape index (κ1) is 10.1. The van der Waals surface area contributed by atoms with Crippen LogP contribution in [0.25, 0.3) is 0 Å². The van der Waals surface area contributed by atoms with Crippen LogP contribution >= 0.6 is 0 Å². The Morgan fingerprint density at radius 1 is 1.47 bits per heavy atom. The molecule has 0 saturated carbocycles. The molecule has 0 aromatic carbocycles. The van der Waals surface area contributed by atoms with Crippen molar-refractivity contribution in [2.24, 2.45) is 0 Å².